The van der Waals surface area contributed by atoms with Gasteiger partial charge in [-0.25, -0.2) is 9.97 Å². The number of ether oxygens (including phenoxy) is 1. The zero-order chi connectivity index (χ0) is 8.27. The van der Waals surface area contributed by atoms with Crippen molar-refractivity contribution in [3.63, 3.8) is 0 Å². The Labute approximate surface area is 66.4 Å². The Morgan fingerprint density at radius 1 is 1.27 bits per heavy atom. The van der Waals surface area contributed by atoms with E-state index in [1.807, 2.05) is 20.8 Å². The number of nitrogens with zero attached hydrogens (tertiary/aromatic N) is 2. The monoisotopic (exact) mass is 152 g/mol. The molecular weight excluding hydrogens is 140 g/mol. The van der Waals surface area contributed by atoms with E-state index in [-0.39, 0.29) is 0 Å². The first-order chi connectivity index (χ1) is 5.25. The van der Waals surface area contributed by atoms with E-state index in [9.17, 15) is 0 Å². The van der Waals surface area contributed by atoms with Gasteiger partial charge < -0.3 is 4.74 Å². The first kappa shape index (κ1) is 7.98. The van der Waals surface area contributed by atoms with Gasteiger partial charge in [0, 0.05) is 0 Å². The fourth-order valence-electron chi connectivity index (χ4n) is 0.934. The van der Waals surface area contributed by atoms with Gasteiger partial charge in [-0.3, -0.25) is 0 Å². The van der Waals surface area contributed by atoms with Crippen molar-refractivity contribution in [1.29, 1.82) is 0 Å². The van der Waals surface area contributed by atoms with Gasteiger partial charge in [-0.05, 0) is 20.8 Å². The van der Waals surface area contributed by atoms with E-state index in [1.54, 1.807) is 6.33 Å². The molecule has 0 saturated heterocycles. The van der Waals surface area contributed by atoms with Crippen molar-refractivity contribution in [3.8, 4) is 5.75 Å². The van der Waals surface area contributed by atoms with Crippen LogP contribution in [0.15, 0.2) is 6.33 Å². The van der Waals surface area contributed by atoms with Crippen LogP contribution in [0.2, 0.25) is 0 Å². The molecule has 0 fully saturated rings. The third kappa shape index (κ3) is 1.67. The van der Waals surface area contributed by atoms with Crippen molar-refractivity contribution in [2.75, 3.05) is 6.61 Å². The molecule has 1 aromatic heterocycles. The van der Waals surface area contributed by atoms with E-state index in [0.29, 0.717) is 6.61 Å². The van der Waals surface area contributed by atoms with Crippen molar-refractivity contribution in [2.24, 2.45) is 0 Å². The minimum absolute atomic E-state index is 0.662. The number of rotatable bonds is 2. The lowest BCUT2D eigenvalue weighted by Crippen LogP contribution is -1.99. The summed E-state index contributed by atoms with van der Waals surface area (Å²) in [6, 6.07) is 0. The highest BCUT2D eigenvalue weighted by Gasteiger charge is 2.03. The highest BCUT2D eigenvalue weighted by atomic mass is 16.5. The molecule has 0 aliphatic rings. The second kappa shape index (κ2) is 3.32. The lowest BCUT2D eigenvalue weighted by molar-refractivity contribution is 0.331. The second-order valence-electron chi connectivity index (χ2n) is 2.31. The summed E-state index contributed by atoms with van der Waals surface area (Å²) in [5.74, 6) is 0.815. The lowest BCUT2D eigenvalue weighted by Gasteiger charge is -2.06. The Balaban J connectivity index is 3.00. The van der Waals surface area contributed by atoms with Crippen molar-refractivity contribution >= 4 is 0 Å². The van der Waals surface area contributed by atoms with Crippen LogP contribution in [-0.2, 0) is 0 Å². The Hall–Kier alpha value is -1.12. The number of aryl methyl sites for hydroxylation is 2. The van der Waals surface area contributed by atoms with Crippen LogP contribution >= 0.6 is 0 Å². The summed E-state index contributed by atoms with van der Waals surface area (Å²) in [6.45, 7) is 6.44. The molecule has 0 spiro atoms. The van der Waals surface area contributed by atoms with Gasteiger partial charge in [0.05, 0.1) is 18.0 Å². The van der Waals surface area contributed by atoms with Gasteiger partial charge in [-0.1, -0.05) is 0 Å². The highest BCUT2D eigenvalue weighted by Crippen LogP contribution is 2.17. The summed E-state index contributed by atoms with van der Waals surface area (Å²) in [7, 11) is 0. The van der Waals surface area contributed by atoms with Crippen LogP contribution in [-0.4, -0.2) is 16.6 Å². The molecule has 11 heavy (non-hydrogen) atoms. The molecule has 3 heteroatoms. The van der Waals surface area contributed by atoms with E-state index in [2.05, 4.69) is 9.97 Å². The topological polar surface area (TPSA) is 35.0 Å². The maximum Gasteiger partial charge on any atom is 0.161 e. The van der Waals surface area contributed by atoms with Gasteiger partial charge in [0.1, 0.15) is 6.33 Å². The molecule has 60 valence electrons. The molecule has 1 heterocycles. The first-order valence-corrected chi connectivity index (χ1v) is 3.66. The molecule has 0 aliphatic heterocycles. The van der Waals surface area contributed by atoms with Crippen LogP contribution in [0.25, 0.3) is 0 Å². The second-order valence-corrected chi connectivity index (χ2v) is 2.31. The van der Waals surface area contributed by atoms with Crippen molar-refractivity contribution in [2.45, 2.75) is 20.8 Å². The fraction of sp³-hybridized carbons (Fsp3) is 0.500. The molecule has 0 atom stereocenters. The number of hydrogen-bond acceptors (Lipinski definition) is 3. The Morgan fingerprint density at radius 3 is 2.27 bits per heavy atom. The Kier molecular flexibility index (Phi) is 2.41. The summed E-state index contributed by atoms with van der Waals surface area (Å²) >= 11 is 0. The van der Waals surface area contributed by atoms with Crippen LogP contribution in [0.4, 0.5) is 0 Å². The molecular formula is C8H12N2O. The Morgan fingerprint density at radius 2 is 1.82 bits per heavy atom. The average molecular weight is 152 g/mol. The van der Waals surface area contributed by atoms with Crippen LogP contribution < -0.4 is 4.74 Å². The quantitative estimate of drug-likeness (QED) is 0.644. The van der Waals surface area contributed by atoms with Crippen molar-refractivity contribution < 1.29 is 4.74 Å². The smallest absolute Gasteiger partial charge is 0.161 e. The normalized spacial score (nSPS) is 9.73. The van der Waals surface area contributed by atoms with Crippen LogP contribution in [0, 0.1) is 13.8 Å². The average Bonchev–Trinajstić information content (AvgIpc) is 1.97. The van der Waals surface area contributed by atoms with Crippen LogP contribution in [0.1, 0.15) is 18.3 Å². The molecule has 0 bridgehead atoms. The fourth-order valence-corrected chi connectivity index (χ4v) is 0.934. The highest BCUT2D eigenvalue weighted by molar-refractivity contribution is 5.29. The van der Waals surface area contributed by atoms with Gasteiger partial charge in [0.25, 0.3) is 0 Å². The minimum Gasteiger partial charge on any atom is -0.490 e. The standard InChI is InChI=1S/C8H12N2O/c1-4-11-8-6(2)9-5-10-7(8)3/h5H,4H2,1-3H3. The Bertz CT molecular complexity index is 228. The lowest BCUT2D eigenvalue weighted by atomic mass is 10.3. The van der Waals surface area contributed by atoms with Gasteiger partial charge in [0.15, 0.2) is 5.75 Å². The molecule has 1 aromatic rings. The zero-order valence-electron chi connectivity index (χ0n) is 7.09. The van der Waals surface area contributed by atoms with Crippen LogP contribution in [0.5, 0.6) is 5.75 Å². The maximum absolute atomic E-state index is 5.34. The van der Waals surface area contributed by atoms with Gasteiger partial charge in [-0.2, -0.15) is 0 Å². The van der Waals surface area contributed by atoms with E-state index in [1.165, 1.54) is 0 Å². The molecule has 0 saturated carbocycles. The van der Waals surface area contributed by atoms with E-state index >= 15 is 0 Å². The largest absolute Gasteiger partial charge is 0.490 e. The van der Waals surface area contributed by atoms with E-state index < -0.39 is 0 Å². The van der Waals surface area contributed by atoms with Crippen LogP contribution in [0.3, 0.4) is 0 Å². The molecule has 0 unspecified atom stereocenters. The van der Waals surface area contributed by atoms with E-state index in [4.69, 9.17) is 4.74 Å². The van der Waals surface area contributed by atoms with Crippen molar-refractivity contribution in [1.82, 2.24) is 9.97 Å². The third-order valence-electron chi connectivity index (χ3n) is 1.45. The summed E-state index contributed by atoms with van der Waals surface area (Å²) in [4.78, 5) is 8.04. The van der Waals surface area contributed by atoms with Crippen molar-refractivity contribution in [3.05, 3.63) is 17.7 Å². The summed E-state index contributed by atoms with van der Waals surface area (Å²) in [5.41, 5.74) is 1.80. The number of hydrogen-bond donors (Lipinski definition) is 0. The molecule has 0 N–H and O–H groups in total. The minimum atomic E-state index is 0.662. The molecule has 0 radical (unpaired) electrons. The zero-order valence-corrected chi connectivity index (χ0v) is 7.09. The number of aromatic nitrogens is 2. The van der Waals surface area contributed by atoms with Gasteiger partial charge in [-0.15, -0.1) is 0 Å². The molecule has 0 amide bonds. The third-order valence-corrected chi connectivity index (χ3v) is 1.45. The summed E-state index contributed by atoms with van der Waals surface area (Å²) < 4.78 is 5.34. The summed E-state index contributed by atoms with van der Waals surface area (Å²) in [6.07, 6.45) is 1.55. The molecule has 1 rings (SSSR count). The molecule has 3 nitrogen and oxygen atoms in total. The maximum atomic E-state index is 5.34. The predicted molar refractivity (Wildman–Crippen MR) is 42.7 cm³/mol. The van der Waals surface area contributed by atoms with Gasteiger partial charge >= 0.3 is 0 Å². The van der Waals surface area contributed by atoms with E-state index in [0.717, 1.165) is 17.1 Å². The first-order valence-electron chi connectivity index (χ1n) is 3.66. The molecule has 0 aromatic carbocycles. The molecule has 0 aliphatic carbocycles. The van der Waals surface area contributed by atoms with Gasteiger partial charge in [0.2, 0.25) is 0 Å². The SMILES string of the molecule is CCOc1c(C)ncnc1C. The predicted octanol–water partition coefficient (Wildman–Crippen LogP) is 1.49. The summed E-state index contributed by atoms with van der Waals surface area (Å²) in [5, 5.41) is 0.